The second-order valence-electron chi connectivity index (χ2n) is 3.34. The number of Topliss-reactive ketones (excluding diaryl/α,β-unsaturated/α-hetero) is 1. The van der Waals surface area contributed by atoms with Gasteiger partial charge in [0.2, 0.25) is 0 Å². The molecular weight excluding hydrogens is 206 g/mol. The maximum atomic E-state index is 9.87. The lowest BCUT2D eigenvalue weighted by atomic mass is 10.3. The van der Waals surface area contributed by atoms with Gasteiger partial charge in [-0.3, -0.25) is 9.59 Å². The predicted molar refractivity (Wildman–Crippen MR) is 61.2 cm³/mol. The molecule has 0 aliphatic heterocycles. The molecule has 16 heavy (non-hydrogen) atoms. The molecular formula is C12H13NO3. The van der Waals surface area contributed by atoms with Crippen LogP contribution in [-0.2, 0) is 9.59 Å². The molecule has 4 heteroatoms. The zero-order valence-electron chi connectivity index (χ0n) is 8.93. The van der Waals surface area contributed by atoms with Crippen molar-refractivity contribution >= 4 is 22.7 Å². The summed E-state index contributed by atoms with van der Waals surface area (Å²) in [5.41, 5.74) is 1.21. The number of hydrogen-bond donors (Lipinski definition) is 2. The molecule has 1 heterocycles. The Labute approximate surface area is 92.9 Å². The van der Waals surface area contributed by atoms with Crippen LogP contribution in [0.1, 0.15) is 13.3 Å². The van der Waals surface area contributed by atoms with Gasteiger partial charge in [0.05, 0.1) is 0 Å². The van der Waals surface area contributed by atoms with Crippen LogP contribution in [0, 0.1) is 0 Å². The summed E-state index contributed by atoms with van der Waals surface area (Å²) in [5, 5.41) is 9.14. The lowest BCUT2D eigenvalue weighted by Crippen LogP contribution is -2.00. The van der Waals surface area contributed by atoms with Crippen molar-refractivity contribution in [2.24, 2.45) is 0 Å². The standard InChI is InChI=1S/C8H7N.C4H6O3/c1-2-4-8-7(3-1)5-6-9-8;1-3(5)2-4(6)7/h1-6,9H;2H2,1H3,(H,6,7). The van der Waals surface area contributed by atoms with E-state index in [9.17, 15) is 9.59 Å². The van der Waals surface area contributed by atoms with Crippen molar-refractivity contribution in [2.75, 3.05) is 0 Å². The third kappa shape index (κ3) is 3.96. The Kier molecular flexibility index (Phi) is 4.27. The van der Waals surface area contributed by atoms with Crippen molar-refractivity contribution in [3.63, 3.8) is 0 Å². The summed E-state index contributed by atoms with van der Waals surface area (Å²) >= 11 is 0. The fourth-order valence-electron chi connectivity index (χ4n) is 1.21. The van der Waals surface area contributed by atoms with Crippen LogP contribution >= 0.6 is 0 Å². The maximum absolute atomic E-state index is 9.87. The number of rotatable bonds is 2. The molecule has 2 rings (SSSR count). The summed E-state index contributed by atoms with van der Waals surface area (Å²) < 4.78 is 0. The number of ketones is 1. The summed E-state index contributed by atoms with van der Waals surface area (Å²) in [7, 11) is 0. The van der Waals surface area contributed by atoms with Crippen LogP contribution in [0.5, 0.6) is 0 Å². The molecule has 0 unspecified atom stereocenters. The van der Waals surface area contributed by atoms with Gasteiger partial charge in [-0.2, -0.15) is 0 Å². The minimum atomic E-state index is -1.06. The monoisotopic (exact) mass is 219 g/mol. The van der Waals surface area contributed by atoms with E-state index in [2.05, 4.69) is 23.2 Å². The van der Waals surface area contributed by atoms with Crippen molar-refractivity contribution in [1.29, 1.82) is 0 Å². The van der Waals surface area contributed by atoms with E-state index in [0.29, 0.717) is 0 Å². The largest absolute Gasteiger partial charge is 0.481 e. The Morgan fingerprint density at radius 3 is 2.44 bits per heavy atom. The lowest BCUT2D eigenvalue weighted by Gasteiger charge is -1.83. The zero-order valence-corrected chi connectivity index (χ0v) is 8.93. The van der Waals surface area contributed by atoms with Gasteiger partial charge in [-0.05, 0) is 24.4 Å². The number of nitrogens with one attached hydrogen (secondary N) is 1. The van der Waals surface area contributed by atoms with E-state index in [0.717, 1.165) is 0 Å². The molecule has 1 aromatic carbocycles. The minimum Gasteiger partial charge on any atom is -0.481 e. The van der Waals surface area contributed by atoms with Gasteiger partial charge in [-0.1, -0.05) is 18.2 Å². The summed E-state index contributed by atoms with van der Waals surface area (Å²) in [6, 6.07) is 10.3. The number of aliphatic carboxylic acids is 1. The zero-order chi connectivity index (χ0) is 12.0. The first-order chi connectivity index (χ1) is 7.59. The molecule has 0 spiro atoms. The van der Waals surface area contributed by atoms with E-state index in [1.54, 1.807) is 0 Å². The van der Waals surface area contributed by atoms with E-state index in [-0.39, 0.29) is 12.2 Å². The topological polar surface area (TPSA) is 70.2 Å². The van der Waals surface area contributed by atoms with E-state index in [1.807, 2.05) is 18.3 Å². The first-order valence-corrected chi connectivity index (χ1v) is 4.83. The molecule has 84 valence electrons. The predicted octanol–water partition coefficient (Wildman–Crippen LogP) is 2.22. The number of para-hydroxylation sites is 1. The first kappa shape index (κ1) is 12.0. The minimum absolute atomic E-state index is 0.312. The molecule has 0 radical (unpaired) electrons. The third-order valence-corrected chi connectivity index (χ3v) is 1.86. The van der Waals surface area contributed by atoms with E-state index in [1.165, 1.54) is 17.8 Å². The first-order valence-electron chi connectivity index (χ1n) is 4.83. The van der Waals surface area contributed by atoms with Crippen molar-refractivity contribution in [2.45, 2.75) is 13.3 Å². The second kappa shape index (κ2) is 5.70. The van der Waals surface area contributed by atoms with Gasteiger partial charge in [-0.25, -0.2) is 0 Å². The van der Waals surface area contributed by atoms with Crippen LogP contribution in [0.15, 0.2) is 36.5 Å². The van der Waals surface area contributed by atoms with Crippen LogP contribution in [0.3, 0.4) is 0 Å². The molecule has 0 atom stereocenters. The molecule has 0 amide bonds. The highest BCUT2D eigenvalue weighted by Crippen LogP contribution is 2.09. The number of benzene rings is 1. The number of hydrogen-bond acceptors (Lipinski definition) is 2. The molecule has 1 aromatic heterocycles. The van der Waals surface area contributed by atoms with Gasteiger partial charge in [0, 0.05) is 11.7 Å². The fraction of sp³-hybridized carbons (Fsp3) is 0.167. The van der Waals surface area contributed by atoms with E-state index in [4.69, 9.17) is 5.11 Å². The number of carboxylic acid groups (broad SMARTS) is 1. The van der Waals surface area contributed by atoms with Gasteiger partial charge in [0.15, 0.2) is 0 Å². The fourth-order valence-corrected chi connectivity index (χ4v) is 1.21. The highest BCUT2D eigenvalue weighted by molar-refractivity contribution is 5.93. The molecule has 0 saturated heterocycles. The third-order valence-electron chi connectivity index (χ3n) is 1.86. The molecule has 2 N–H and O–H groups in total. The second-order valence-corrected chi connectivity index (χ2v) is 3.34. The van der Waals surface area contributed by atoms with Gasteiger partial charge in [0.1, 0.15) is 12.2 Å². The molecule has 2 aromatic rings. The summed E-state index contributed by atoms with van der Waals surface area (Å²) in [6.07, 6.45) is 1.59. The van der Waals surface area contributed by atoms with Crippen LogP contribution < -0.4 is 0 Å². The van der Waals surface area contributed by atoms with Gasteiger partial charge >= 0.3 is 5.97 Å². The highest BCUT2D eigenvalue weighted by atomic mass is 16.4. The smallest absolute Gasteiger partial charge is 0.310 e. The van der Waals surface area contributed by atoms with Gasteiger partial charge in [-0.15, -0.1) is 0 Å². The Morgan fingerprint density at radius 1 is 1.25 bits per heavy atom. The number of H-pyrrole nitrogens is 1. The average molecular weight is 219 g/mol. The van der Waals surface area contributed by atoms with E-state index >= 15 is 0 Å². The number of carboxylic acids is 1. The van der Waals surface area contributed by atoms with Gasteiger partial charge in [0.25, 0.3) is 0 Å². The number of fused-ring (bicyclic) bond motifs is 1. The number of carbonyl (C=O) groups is 2. The van der Waals surface area contributed by atoms with Crippen LogP contribution in [0.2, 0.25) is 0 Å². The van der Waals surface area contributed by atoms with Crippen molar-refractivity contribution in [3.05, 3.63) is 36.5 Å². The van der Waals surface area contributed by atoms with Crippen molar-refractivity contribution < 1.29 is 14.7 Å². The molecule has 0 saturated carbocycles. The Balaban J connectivity index is 0.000000168. The quantitative estimate of drug-likeness (QED) is 0.761. The molecule has 0 bridgehead atoms. The molecule has 4 nitrogen and oxygen atoms in total. The van der Waals surface area contributed by atoms with Crippen LogP contribution in [0.25, 0.3) is 10.9 Å². The Hall–Kier alpha value is -2.10. The molecule has 0 aliphatic carbocycles. The number of aromatic nitrogens is 1. The normalized spacial score (nSPS) is 9.31. The van der Waals surface area contributed by atoms with Crippen molar-refractivity contribution in [1.82, 2.24) is 4.98 Å². The van der Waals surface area contributed by atoms with E-state index < -0.39 is 5.97 Å². The summed E-state index contributed by atoms with van der Waals surface area (Å²) in [6.45, 7) is 1.24. The molecule has 0 fully saturated rings. The van der Waals surface area contributed by atoms with Gasteiger partial charge < -0.3 is 10.1 Å². The Morgan fingerprint density at radius 2 is 1.94 bits per heavy atom. The Bertz CT molecular complexity index is 445. The number of aromatic amines is 1. The summed E-state index contributed by atoms with van der Waals surface area (Å²) in [4.78, 5) is 22.6. The average Bonchev–Trinajstić information content (AvgIpc) is 2.63. The van der Waals surface area contributed by atoms with Crippen LogP contribution in [0.4, 0.5) is 0 Å². The maximum Gasteiger partial charge on any atom is 0.310 e. The molecule has 0 aliphatic rings. The summed E-state index contributed by atoms with van der Waals surface area (Å²) in [5.74, 6) is -1.37. The van der Waals surface area contributed by atoms with Crippen molar-refractivity contribution in [3.8, 4) is 0 Å². The highest BCUT2D eigenvalue weighted by Gasteiger charge is 1.98. The number of carbonyl (C=O) groups excluding carboxylic acids is 1. The SMILES string of the molecule is CC(=O)CC(=O)O.c1ccc2[nH]ccc2c1. The van der Waals surface area contributed by atoms with Crippen LogP contribution in [-0.4, -0.2) is 21.8 Å². The lowest BCUT2D eigenvalue weighted by molar-refractivity contribution is -0.139.